The fraction of sp³-hybridized carbons (Fsp3) is 0.305. The van der Waals surface area contributed by atoms with E-state index in [-0.39, 0.29) is 145 Å². The Hall–Kier alpha value is -1.47. The van der Waals surface area contributed by atoms with E-state index in [1.54, 1.807) is 0 Å². The summed E-state index contributed by atoms with van der Waals surface area (Å²) < 4.78 is 5.89. The molecule has 0 spiro atoms. The van der Waals surface area contributed by atoms with Gasteiger partial charge in [0.2, 0.25) is 0 Å². The van der Waals surface area contributed by atoms with E-state index in [9.17, 15) is 15.3 Å². The van der Waals surface area contributed by atoms with E-state index in [0.717, 1.165) is 81.3 Å². The van der Waals surface area contributed by atoms with E-state index in [1.165, 1.54) is 34.7 Å². The Kier molecular flexibility index (Phi) is 45.6. The van der Waals surface area contributed by atoms with Crippen molar-refractivity contribution in [3.8, 4) is 23.0 Å². The molecular weight excluding hydrogens is 1100 g/mol. The summed E-state index contributed by atoms with van der Waals surface area (Å²) in [7, 11) is 3.86. The summed E-state index contributed by atoms with van der Waals surface area (Å²) >= 11 is 3.00. The van der Waals surface area contributed by atoms with Crippen molar-refractivity contribution in [2.75, 3.05) is 12.5 Å². The molecule has 0 fully saturated rings. The van der Waals surface area contributed by atoms with Crippen molar-refractivity contribution >= 4 is 23.5 Å². The van der Waals surface area contributed by atoms with Gasteiger partial charge in [-0.1, -0.05) is 174 Å². The van der Waals surface area contributed by atoms with Crippen LogP contribution in [0.15, 0.2) is 109 Å². The van der Waals surface area contributed by atoms with Crippen LogP contribution in [0.4, 0.5) is 0 Å². The summed E-state index contributed by atoms with van der Waals surface area (Å²) in [6.07, 6.45) is 15.5. The number of ether oxygens (including phenoxy) is 1. The molecule has 8 bridgehead atoms. The first-order valence-electron chi connectivity index (χ1n) is 21.2. The van der Waals surface area contributed by atoms with Gasteiger partial charge in [-0.15, -0.1) is 5.75 Å². The third kappa shape index (κ3) is 23.0. The molecule has 6 aromatic rings. The van der Waals surface area contributed by atoms with Gasteiger partial charge >= 0.3 is 0 Å². The van der Waals surface area contributed by atoms with Crippen molar-refractivity contribution in [2.45, 2.75) is 108 Å². The summed E-state index contributed by atoms with van der Waals surface area (Å²) in [6.45, 7) is 12.1. The molecule has 9 heteroatoms. The molecule has 0 saturated heterocycles. The number of benzene rings is 6. The summed E-state index contributed by atoms with van der Waals surface area (Å²) in [5.74, 6) is 1.02. The predicted molar refractivity (Wildman–Crippen MR) is 290 cm³/mol. The van der Waals surface area contributed by atoms with Gasteiger partial charge in [0.05, 0.1) is 5.75 Å². The molecule has 3 radical (unpaired) electrons. The molecule has 2 N–H and O–H groups in total. The molecule has 4 nitrogen and oxygen atoms in total. The third-order valence-corrected chi connectivity index (χ3v) is 10.2. The van der Waals surface area contributed by atoms with Crippen LogP contribution in [0.1, 0.15) is 120 Å². The zero-order chi connectivity index (χ0) is 44.9. The molecule has 0 unspecified atom stereocenters. The van der Waals surface area contributed by atoms with Gasteiger partial charge in [0, 0.05) is 124 Å². The number of aryl methyl sites for hydroxylation is 6. The van der Waals surface area contributed by atoms with Crippen molar-refractivity contribution < 1.29 is 118 Å². The SMILES string of the molecule is C.C.CC.CC.[CH2-]Oc1c2cc(CCc3ccccc3)cc1Cc1cc(C)cc(c1O)Cc1cc(CCc3ccccc3)cc(c1[O-])Cc1cc(C)cc(c1O)C2.[CH2-]SC.[CH2-]SC.[CH3-].[CH3-].[Y].[Y].[Y]. The van der Waals surface area contributed by atoms with Gasteiger partial charge in [0.25, 0.3) is 0 Å². The van der Waals surface area contributed by atoms with Gasteiger partial charge in [-0.2, -0.15) is 7.11 Å². The first kappa shape index (κ1) is 75.5. The van der Waals surface area contributed by atoms with Crippen molar-refractivity contribution in [1.82, 2.24) is 0 Å². The zero-order valence-corrected chi connectivity index (χ0v) is 51.6. The molecule has 0 amide bonds. The second-order valence-corrected chi connectivity index (χ2v) is 15.9. The number of thioether (sulfide) groups is 2. The molecular formula is C59H80O4S2Y3-6. The first-order chi connectivity index (χ1) is 29.6. The number of rotatable bonds is 7. The maximum atomic E-state index is 14.2. The van der Waals surface area contributed by atoms with Crippen LogP contribution in [0.3, 0.4) is 0 Å². The van der Waals surface area contributed by atoms with E-state index in [2.05, 4.69) is 68.2 Å². The van der Waals surface area contributed by atoms with Crippen molar-refractivity contribution in [1.29, 1.82) is 0 Å². The van der Waals surface area contributed by atoms with Crippen molar-refractivity contribution in [2.24, 2.45) is 0 Å². The molecule has 7 rings (SSSR count). The van der Waals surface area contributed by atoms with E-state index >= 15 is 0 Å². The Morgan fingerprint density at radius 2 is 0.735 bits per heavy atom. The minimum Gasteiger partial charge on any atom is -0.872 e. The van der Waals surface area contributed by atoms with Crippen LogP contribution in [-0.2, 0) is 149 Å². The zero-order valence-electron chi connectivity index (χ0n) is 41.4. The van der Waals surface area contributed by atoms with Crippen LogP contribution in [0, 0.1) is 48.3 Å². The van der Waals surface area contributed by atoms with Crippen LogP contribution >= 0.6 is 23.5 Å². The Balaban J connectivity index is -0.000000723. The van der Waals surface area contributed by atoms with Crippen LogP contribution in [0.5, 0.6) is 23.0 Å². The van der Waals surface area contributed by atoms with Gasteiger partial charge in [0.15, 0.2) is 0 Å². The molecule has 68 heavy (non-hydrogen) atoms. The average Bonchev–Trinajstić information content (AvgIpc) is 3.26. The molecule has 0 atom stereocenters. The van der Waals surface area contributed by atoms with Gasteiger partial charge in [-0.25, -0.2) is 0 Å². The number of fused-ring (bicyclic) bond motifs is 8. The molecule has 0 saturated carbocycles. The van der Waals surface area contributed by atoms with Gasteiger partial charge in [-0.05, 0) is 108 Å². The van der Waals surface area contributed by atoms with Gasteiger partial charge < -0.3 is 58.4 Å². The van der Waals surface area contributed by atoms with Crippen molar-refractivity contribution in [3.63, 3.8) is 0 Å². The summed E-state index contributed by atoms with van der Waals surface area (Å²) in [5.41, 5.74) is 12.9. The summed E-state index contributed by atoms with van der Waals surface area (Å²) in [5, 5.41) is 37.8. The van der Waals surface area contributed by atoms with Crippen molar-refractivity contribution in [3.05, 3.63) is 222 Å². The Morgan fingerprint density at radius 1 is 0.485 bits per heavy atom. The minimum atomic E-state index is -0.0449. The fourth-order valence-corrected chi connectivity index (χ4v) is 7.75. The average molecular weight is 1180 g/mol. The molecule has 0 heterocycles. The summed E-state index contributed by atoms with van der Waals surface area (Å²) in [4.78, 5) is 0. The molecule has 367 valence electrons. The molecule has 1 aliphatic carbocycles. The smallest absolute Gasteiger partial charge is 0.122 e. The van der Waals surface area contributed by atoms with Crippen LogP contribution < -0.4 is 9.84 Å². The van der Waals surface area contributed by atoms with Crippen LogP contribution in [-0.4, -0.2) is 22.7 Å². The predicted octanol–water partition coefficient (Wildman–Crippen LogP) is 15.7. The number of hydrogen-bond acceptors (Lipinski definition) is 6. The second-order valence-electron chi connectivity index (χ2n) is 14.7. The normalized spacial score (nSPS) is 10.0. The molecule has 0 aromatic heterocycles. The second kappa shape index (κ2) is 41.1. The quantitative estimate of drug-likeness (QED) is 0.155. The topological polar surface area (TPSA) is 72.8 Å². The first-order valence-corrected chi connectivity index (χ1v) is 24.0. The van der Waals surface area contributed by atoms with E-state index < -0.39 is 0 Å². The maximum absolute atomic E-state index is 14.2. The molecule has 6 aromatic carbocycles. The molecule has 1 aliphatic rings. The Morgan fingerprint density at radius 3 is 1.01 bits per heavy atom. The maximum Gasteiger partial charge on any atom is 0.122 e. The van der Waals surface area contributed by atoms with E-state index in [0.29, 0.717) is 42.6 Å². The number of phenols is 2. The minimum absolute atomic E-state index is 0. The Labute approximate surface area is 500 Å². The van der Waals surface area contributed by atoms with Crippen LogP contribution in [0.25, 0.3) is 0 Å². The van der Waals surface area contributed by atoms with E-state index in [4.69, 9.17) is 4.74 Å². The standard InChI is InChI=1S/C47H45O4.2C2H5S.2C2H6.2CH4.2CH3.3Y/c1-30-18-36-26-40-22-34(16-14-32-10-6-4-7-11-32)23-41(46(40)50)27-37-19-31(2)21-39(45(37)49)29-43-25-35(17-15-33-12-8-5-9-13-33)24-42(47(43)51-3)28-38(20-30)44(36)48;2*1-3-2;2*1-2;;;;;;;/h4-13,18-25,48-50H,3,14-17,26-29H2,1-2H3;2*1H2,2H3;2*1-2H3;2*1H4;2*1H3;;;/q3*-1;;;;;2*-1;;;/p-1. The monoisotopic (exact) mass is 1180 g/mol. The Bertz CT molecular complexity index is 2140. The summed E-state index contributed by atoms with van der Waals surface area (Å²) in [6, 6.07) is 37.2. The third-order valence-electron chi connectivity index (χ3n) is 10.2. The van der Waals surface area contributed by atoms with Gasteiger partial charge in [0.1, 0.15) is 11.5 Å². The number of hydrogen-bond donors (Lipinski definition) is 2. The largest absolute Gasteiger partial charge is 0.872 e. The van der Waals surface area contributed by atoms with Crippen LogP contribution in [0.2, 0.25) is 0 Å². The number of phenolic OH excluding ortho intramolecular Hbond substituents is 2. The number of aromatic hydroxyl groups is 2. The molecule has 0 aliphatic heterocycles. The van der Waals surface area contributed by atoms with E-state index in [1.807, 2.05) is 115 Å². The van der Waals surface area contributed by atoms with Gasteiger partial charge in [-0.3, -0.25) is 12.5 Å². The fourth-order valence-electron chi connectivity index (χ4n) is 7.75.